The second-order valence-corrected chi connectivity index (χ2v) is 7.88. The van der Waals surface area contributed by atoms with Gasteiger partial charge in [-0.25, -0.2) is 4.98 Å². The molecule has 0 amide bonds. The first-order valence-corrected chi connectivity index (χ1v) is 9.27. The first-order chi connectivity index (χ1) is 11.6. The van der Waals surface area contributed by atoms with Crippen molar-refractivity contribution >= 4 is 37.0 Å². The molecule has 1 aromatic carbocycles. The summed E-state index contributed by atoms with van der Waals surface area (Å²) in [7, 11) is -3.70. The molecule has 0 radical (unpaired) electrons. The van der Waals surface area contributed by atoms with Crippen LogP contribution in [0.25, 0.3) is 22.2 Å². The standard InChI is InChI=1S/C16H11BrN4O2S/c17-12-6-14-15(9-19-16(14)18-8-12)11-7-20-21(10-11)24(22,23)13-4-2-1-3-5-13/h1-10H,(H,18,19). The van der Waals surface area contributed by atoms with Crippen molar-refractivity contribution < 1.29 is 8.42 Å². The summed E-state index contributed by atoms with van der Waals surface area (Å²) in [6.45, 7) is 0. The van der Waals surface area contributed by atoms with E-state index in [4.69, 9.17) is 0 Å². The lowest BCUT2D eigenvalue weighted by atomic mass is 10.1. The van der Waals surface area contributed by atoms with Crippen molar-refractivity contribution in [3.05, 3.63) is 65.7 Å². The van der Waals surface area contributed by atoms with E-state index in [2.05, 4.69) is 31.0 Å². The molecule has 24 heavy (non-hydrogen) atoms. The predicted octanol–water partition coefficient (Wildman–Crippen LogP) is 3.43. The van der Waals surface area contributed by atoms with Gasteiger partial charge < -0.3 is 4.98 Å². The summed E-state index contributed by atoms with van der Waals surface area (Å²) >= 11 is 3.40. The molecule has 0 spiro atoms. The number of rotatable bonds is 3. The Morgan fingerprint density at radius 1 is 1.12 bits per heavy atom. The number of nitrogens with zero attached hydrogens (tertiary/aromatic N) is 3. The van der Waals surface area contributed by atoms with Gasteiger partial charge in [0.05, 0.1) is 17.3 Å². The molecule has 0 saturated carbocycles. The average Bonchev–Trinajstić information content (AvgIpc) is 3.22. The molecule has 0 bridgehead atoms. The Kier molecular flexibility index (Phi) is 3.50. The van der Waals surface area contributed by atoms with Crippen LogP contribution in [0.2, 0.25) is 0 Å². The number of H-pyrrole nitrogens is 1. The second kappa shape index (κ2) is 5.57. The van der Waals surface area contributed by atoms with E-state index >= 15 is 0 Å². The van der Waals surface area contributed by atoms with Crippen molar-refractivity contribution in [2.45, 2.75) is 4.90 Å². The molecule has 0 aliphatic carbocycles. The molecule has 120 valence electrons. The summed E-state index contributed by atoms with van der Waals surface area (Å²) in [4.78, 5) is 7.55. The van der Waals surface area contributed by atoms with Crippen LogP contribution >= 0.6 is 15.9 Å². The topological polar surface area (TPSA) is 80.6 Å². The number of hydrogen-bond acceptors (Lipinski definition) is 4. The Morgan fingerprint density at radius 2 is 1.92 bits per heavy atom. The van der Waals surface area contributed by atoms with Crippen LogP contribution in [0.5, 0.6) is 0 Å². The molecule has 0 aliphatic heterocycles. The van der Waals surface area contributed by atoms with Crippen molar-refractivity contribution in [3.63, 3.8) is 0 Å². The van der Waals surface area contributed by atoms with E-state index < -0.39 is 10.0 Å². The van der Waals surface area contributed by atoms with E-state index in [-0.39, 0.29) is 4.90 Å². The van der Waals surface area contributed by atoms with E-state index in [0.29, 0.717) is 5.56 Å². The zero-order valence-electron chi connectivity index (χ0n) is 12.2. The number of halogens is 1. The number of aromatic amines is 1. The smallest absolute Gasteiger partial charge is 0.282 e. The van der Waals surface area contributed by atoms with Gasteiger partial charge in [0.15, 0.2) is 0 Å². The molecule has 1 N–H and O–H groups in total. The van der Waals surface area contributed by atoms with Crippen molar-refractivity contribution in [2.75, 3.05) is 0 Å². The van der Waals surface area contributed by atoms with Crippen LogP contribution in [0.3, 0.4) is 0 Å². The number of nitrogens with one attached hydrogen (secondary N) is 1. The highest BCUT2D eigenvalue weighted by molar-refractivity contribution is 9.10. The molecule has 3 aromatic heterocycles. The second-order valence-electron chi connectivity index (χ2n) is 5.17. The van der Waals surface area contributed by atoms with Crippen molar-refractivity contribution in [2.24, 2.45) is 0 Å². The van der Waals surface area contributed by atoms with Gasteiger partial charge in [-0.2, -0.15) is 17.6 Å². The SMILES string of the molecule is O=S(=O)(c1ccccc1)n1cc(-c2c[nH]c3ncc(Br)cc23)cn1. The van der Waals surface area contributed by atoms with Gasteiger partial charge in [0.2, 0.25) is 0 Å². The fraction of sp³-hybridized carbons (Fsp3) is 0. The lowest BCUT2D eigenvalue weighted by molar-refractivity contribution is 0.580. The van der Waals surface area contributed by atoms with E-state index in [1.165, 1.54) is 12.4 Å². The van der Waals surface area contributed by atoms with Crippen molar-refractivity contribution in [3.8, 4) is 11.1 Å². The fourth-order valence-electron chi connectivity index (χ4n) is 2.49. The number of aromatic nitrogens is 4. The van der Waals surface area contributed by atoms with Crippen LogP contribution in [0.1, 0.15) is 0 Å². The largest absolute Gasteiger partial charge is 0.346 e. The first-order valence-electron chi connectivity index (χ1n) is 7.04. The molecule has 0 unspecified atom stereocenters. The third-order valence-corrected chi connectivity index (χ3v) is 5.65. The van der Waals surface area contributed by atoms with Crippen LogP contribution in [-0.2, 0) is 10.0 Å². The van der Waals surface area contributed by atoms with Crippen molar-refractivity contribution in [1.29, 1.82) is 0 Å². The quantitative estimate of drug-likeness (QED) is 0.569. The number of fused-ring (bicyclic) bond motifs is 1. The van der Waals surface area contributed by atoms with Gasteiger partial charge in [0.25, 0.3) is 10.0 Å². The predicted molar refractivity (Wildman–Crippen MR) is 94.0 cm³/mol. The third-order valence-electron chi connectivity index (χ3n) is 3.66. The Bertz CT molecular complexity index is 1130. The third kappa shape index (κ3) is 2.44. The van der Waals surface area contributed by atoms with Gasteiger partial charge in [0, 0.05) is 33.4 Å². The van der Waals surface area contributed by atoms with Gasteiger partial charge in [-0.15, -0.1) is 0 Å². The Balaban J connectivity index is 1.81. The maximum Gasteiger partial charge on any atom is 0.282 e. The van der Waals surface area contributed by atoms with E-state index in [0.717, 1.165) is 25.2 Å². The lowest BCUT2D eigenvalue weighted by Crippen LogP contribution is -2.13. The highest BCUT2D eigenvalue weighted by atomic mass is 79.9. The minimum absolute atomic E-state index is 0.197. The number of hydrogen-bond donors (Lipinski definition) is 1. The molecule has 8 heteroatoms. The first kappa shape index (κ1) is 15.1. The Morgan fingerprint density at radius 3 is 2.71 bits per heavy atom. The van der Waals surface area contributed by atoms with E-state index in [9.17, 15) is 8.42 Å². The van der Waals surface area contributed by atoms with E-state index in [1.54, 1.807) is 42.7 Å². The maximum atomic E-state index is 12.6. The van der Waals surface area contributed by atoms with Crippen LogP contribution in [0.4, 0.5) is 0 Å². The number of pyridine rings is 1. The average molecular weight is 403 g/mol. The molecule has 0 aliphatic rings. The zero-order valence-corrected chi connectivity index (χ0v) is 14.6. The zero-order chi connectivity index (χ0) is 16.7. The summed E-state index contributed by atoms with van der Waals surface area (Å²) < 4.78 is 27.0. The summed E-state index contributed by atoms with van der Waals surface area (Å²) in [5.74, 6) is 0. The molecule has 3 heterocycles. The minimum atomic E-state index is -3.70. The Labute approximate surface area is 146 Å². The van der Waals surface area contributed by atoms with Gasteiger partial charge in [-0.1, -0.05) is 18.2 Å². The summed E-state index contributed by atoms with van der Waals surface area (Å²) in [6, 6.07) is 10.1. The monoisotopic (exact) mass is 402 g/mol. The Hall–Kier alpha value is -2.45. The lowest BCUT2D eigenvalue weighted by Gasteiger charge is -2.03. The molecule has 4 aromatic rings. The van der Waals surface area contributed by atoms with E-state index in [1.807, 2.05) is 6.07 Å². The molecule has 0 fully saturated rings. The molecule has 4 rings (SSSR count). The molecular formula is C16H11BrN4O2S. The van der Waals surface area contributed by atoms with Crippen LogP contribution in [0, 0.1) is 0 Å². The normalized spacial score (nSPS) is 11.9. The van der Waals surface area contributed by atoms with Crippen LogP contribution in [-0.4, -0.2) is 27.6 Å². The molecule has 6 nitrogen and oxygen atoms in total. The van der Waals surface area contributed by atoms with Crippen LogP contribution in [0.15, 0.2) is 70.6 Å². The van der Waals surface area contributed by atoms with Gasteiger partial charge in [-0.05, 0) is 34.1 Å². The number of benzene rings is 1. The molecule has 0 saturated heterocycles. The van der Waals surface area contributed by atoms with Gasteiger partial charge >= 0.3 is 0 Å². The van der Waals surface area contributed by atoms with Gasteiger partial charge in [0.1, 0.15) is 5.65 Å². The summed E-state index contributed by atoms with van der Waals surface area (Å²) in [5.41, 5.74) is 2.26. The van der Waals surface area contributed by atoms with Gasteiger partial charge in [-0.3, -0.25) is 0 Å². The highest BCUT2D eigenvalue weighted by Crippen LogP contribution is 2.29. The summed E-state index contributed by atoms with van der Waals surface area (Å²) in [6.07, 6.45) is 6.53. The molecule has 0 atom stereocenters. The summed E-state index contributed by atoms with van der Waals surface area (Å²) in [5, 5.41) is 4.92. The highest BCUT2D eigenvalue weighted by Gasteiger charge is 2.19. The molecular weight excluding hydrogens is 392 g/mol. The van der Waals surface area contributed by atoms with Crippen molar-refractivity contribution in [1.82, 2.24) is 19.2 Å². The maximum absolute atomic E-state index is 12.6. The van der Waals surface area contributed by atoms with Crippen LogP contribution < -0.4 is 0 Å². The minimum Gasteiger partial charge on any atom is -0.346 e. The fourth-order valence-corrected chi connectivity index (χ4v) is 3.96.